The predicted octanol–water partition coefficient (Wildman–Crippen LogP) is 3.01. The average Bonchev–Trinajstić information content (AvgIpc) is 2.61. The van der Waals surface area contributed by atoms with Crippen molar-refractivity contribution >= 4 is 10.9 Å². The number of benzene rings is 1. The van der Waals surface area contributed by atoms with Gasteiger partial charge in [0.1, 0.15) is 5.82 Å². The fourth-order valence-electron chi connectivity index (χ4n) is 3.79. The maximum absolute atomic E-state index is 11.8. The number of nitrogens with one attached hydrogen (secondary N) is 1. The zero-order valence-electron chi connectivity index (χ0n) is 14.4. The second-order valence-corrected chi connectivity index (χ2v) is 6.82. The second-order valence-electron chi connectivity index (χ2n) is 6.82. The maximum atomic E-state index is 11.8. The molecule has 25 heavy (non-hydrogen) atoms. The van der Waals surface area contributed by atoms with Gasteiger partial charge in [0.25, 0.3) is 5.56 Å². The molecule has 0 aliphatic carbocycles. The first-order chi connectivity index (χ1) is 12.2. The van der Waals surface area contributed by atoms with E-state index in [0.29, 0.717) is 11.7 Å². The third kappa shape index (κ3) is 3.46. The van der Waals surface area contributed by atoms with Crippen molar-refractivity contribution in [1.29, 1.82) is 0 Å². The summed E-state index contributed by atoms with van der Waals surface area (Å²) in [4.78, 5) is 26.0. The van der Waals surface area contributed by atoms with Gasteiger partial charge in [0.2, 0.25) is 0 Å². The van der Waals surface area contributed by atoms with E-state index in [4.69, 9.17) is 0 Å². The molecule has 1 N–H and O–H groups in total. The number of hydrogen-bond donors (Lipinski definition) is 1. The van der Waals surface area contributed by atoms with Crippen LogP contribution in [-0.2, 0) is 6.54 Å². The lowest BCUT2D eigenvalue weighted by molar-refractivity contribution is 0.199. The van der Waals surface area contributed by atoms with Crippen molar-refractivity contribution in [3.05, 3.63) is 70.0 Å². The number of likely N-dealkylation sites (tertiary alicyclic amines) is 1. The molecule has 1 unspecified atom stereocenters. The van der Waals surface area contributed by atoms with E-state index in [1.807, 2.05) is 19.2 Å². The van der Waals surface area contributed by atoms with Gasteiger partial charge in [-0.15, -0.1) is 0 Å². The molecule has 0 saturated carbocycles. The lowest BCUT2D eigenvalue weighted by atomic mass is 9.94. The first-order valence-corrected chi connectivity index (χ1v) is 8.82. The third-order valence-corrected chi connectivity index (χ3v) is 4.94. The van der Waals surface area contributed by atoms with Gasteiger partial charge in [-0.3, -0.25) is 14.7 Å². The van der Waals surface area contributed by atoms with Crippen LogP contribution in [0.5, 0.6) is 0 Å². The van der Waals surface area contributed by atoms with Crippen molar-refractivity contribution < 1.29 is 0 Å². The number of para-hydroxylation sites is 1. The zero-order valence-corrected chi connectivity index (χ0v) is 14.4. The number of piperidine rings is 1. The summed E-state index contributed by atoms with van der Waals surface area (Å²) in [5.74, 6) is 1.02. The highest BCUT2D eigenvalue weighted by Gasteiger charge is 2.23. The highest BCUT2D eigenvalue weighted by molar-refractivity contribution is 5.81. The summed E-state index contributed by atoms with van der Waals surface area (Å²) in [5, 5.41) is 1.22. The topological polar surface area (TPSA) is 61.9 Å². The molecule has 0 spiro atoms. The Bertz CT molecular complexity index is 944. The first-order valence-electron chi connectivity index (χ1n) is 8.82. The van der Waals surface area contributed by atoms with Gasteiger partial charge in [-0.1, -0.05) is 18.2 Å². The molecular weight excluding hydrogens is 312 g/mol. The number of rotatable bonds is 3. The molecule has 1 aliphatic heterocycles. The normalized spacial score (nSPS) is 18.5. The molecule has 0 radical (unpaired) electrons. The van der Waals surface area contributed by atoms with Gasteiger partial charge < -0.3 is 4.98 Å². The Balaban J connectivity index is 1.56. The zero-order chi connectivity index (χ0) is 17.2. The van der Waals surface area contributed by atoms with E-state index >= 15 is 0 Å². The van der Waals surface area contributed by atoms with Crippen LogP contribution in [0.4, 0.5) is 0 Å². The SMILES string of the molecule is Cc1nc(C2CCCN(Cc3ccnc4ccccc34)C2)cc(=O)[nH]1. The van der Waals surface area contributed by atoms with E-state index in [9.17, 15) is 4.79 Å². The smallest absolute Gasteiger partial charge is 0.251 e. The molecule has 2 aromatic heterocycles. The predicted molar refractivity (Wildman–Crippen MR) is 98.6 cm³/mol. The van der Waals surface area contributed by atoms with Crippen LogP contribution in [0.2, 0.25) is 0 Å². The monoisotopic (exact) mass is 334 g/mol. The summed E-state index contributed by atoms with van der Waals surface area (Å²) in [5.41, 5.74) is 3.21. The van der Waals surface area contributed by atoms with E-state index in [2.05, 4.69) is 44.1 Å². The lowest BCUT2D eigenvalue weighted by Crippen LogP contribution is -2.34. The Kier molecular flexibility index (Phi) is 4.32. The van der Waals surface area contributed by atoms with E-state index in [-0.39, 0.29) is 5.56 Å². The molecule has 4 rings (SSSR count). The number of nitrogens with zero attached hydrogens (tertiary/aromatic N) is 3. The number of aromatic amines is 1. The van der Waals surface area contributed by atoms with Crippen molar-refractivity contribution in [3.63, 3.8) is 0 Å². The minimum atomic E-state index is -0.0558. The maximum Gasteiger partial charge on any atom is 0.251 e. The lowest BCUT2D eigenvalue weighted by Gasteiger charge is -2.32. The Labute approximate surface area is 146 Å². The Morgan fingerprint density at radius 3 is 3.04 bits per heavy atom. The summed E-state index contributed by atoms with van der Waals surface area (Å²) >= 11 is 0. The fourth-order valence-corrected chi connectivity index (χ4v) is 3.79. The average molecular weight is 334 g/mol. The molecule has 3 heterocycles. The molecule has 3 aromatic rings. The molecule has 1 aromatic carbocycles. The molecule has 5 heteroatoms. The van der Waals surface area contributed by atoms with Gasteiger partial charge in [0.05, 0.1) is 11.2 Å². The van der Waals surface area contributed by atoms with Crippen LogP contribution < -0.4 is 5.56 Å². The van der Waals surface area contributed by atoms with E-state index in [0.717, 1.165) is 43.7 Å². The molecule has 1 fully saturated rings. The standard InChI is InChI=1S/C20H22N4O/c1-14-22-19(11-20(25)23-14)16-5-4-10-24(13-16)12-15-8-9-21-18-7-3-2-6-17(15)18/h2-3,6-9,11,16H,4-5,10,12-13H2,1H3,(H,22,23,25). The Hall–Kier alpha value is -2.53. The number of aryl methyl sites for hydroxylation is 1. The highest BCUT2D eigenvalue weighted by atomic mass is 16.1. The van der Waals surface area contributed by atoms with Gasteiger partial charge >= 0.3 is 0 Å². The van der Waals surface area contributed by atoms with Crippen LogP contribution in [0.25, 0.3) is 10.9 Å². The first kappa shape index (κ1) is 16.0. The van der Waals surface area contributed by atoms with E-state index < -0.39 is 0 Å². The van der Waals surface area contributed by atoms with Crippen molar-refractivity contribution in [3.8, 4) is 0 Å². The Morgan fingerprint density at radius 2 is 2.16 bits per heavy atom. The fraction of sp³-hybridized carbons (Fsp3) is 0.350. The van der Waals surface area contributed by atoms with Crippen molar-refractivity contribution in [2.24, 2.45) is 0 Å². The molecule has 1 atom stereocenters. The van der Waals surface area contributed by atoms with Crippen LogP contribution in [0.15, 0.2) is 47.4 Å². The van der Waals surface area contributed by atoms with Crippen molar-refractivity contribution in [1.82, 2.24) is 19.9 Å². The number of hydrogen-bond acceptors (Lipinski definition) is 4. The quantitative estimate of drug-likeness (QED) is 0.800. The van der Waals surface area contributed by atoms with Crippen LogP contribution in [0.3, 0.4) is 0 Å². The van der Waals surface area contributed by atoms with Gasteiger partial charge in [0, 0.05) is 36.7 Å². The number of aromatic nitrogens is 3. The van der Waals surface area contributed by atoms with Crippen molar-refractivity contribution in [2.75, 3.05) is 13.1 Å². The molecule has 5 nitrogen and oxygen atoms in total. The molecule has 0 bridgehead atoms. The van der Waals surface area contributed by atoms with E-state index in [1.54, 1.807) is 6.07 Å². The summed E-state index contributed by atoms with van der Waals surface area (Å²) in [6.07, 6.45) is 4.10. The van der Waals surface area contributed by atoms with Gasteiger partial charge in [-0.25, -0.2) is 4.98 Å². The van der Waals surface area contributed by atoms with Gasteiger partial charge in [0.15, 0.2) is 0 Å². The molecule has 128 valence electrons. The number of fused-ring (bicyclic) bond motifs is 1. The summed E-state index contributed by atoms with van der Waals surface area (Å²) in [7, 11) is 0. The molecule has 1 aliphatic rings. The molecule has 0 amide bonds. The molecule has 1 saturated heterocycles. The van der Waals surface area contributed by atoms with Crippen molar-refractivity contribution in [2.45, 2.75) is 32.2 Å². The minimum absolute atomic E-state index is 0.0558. The summed E-state index contributed by atoms with van der Waals surface area (Å²) in [6.45, 7) is 4.76. The number of H-pyrrole nitrogens is 1. The minimum Gasteiger partial charge on any atom is -0.311 e. The van der Waals surface area contributed by atoms with Crippen LogP contribution in [-0.4, -0.2) is 32.9 Å². The third-order valence-electron chi connectivity index (χ3n) is 4.94. The van der Waals surface area contributed by atoms with Crippen LogP contribution in [0.1, 0.15) is 35.8 Å². The summed E-state index contributed by atoms with van der Waals surface area (Å²) < 4.78 is 0. The second kappa shape index (κ2) is 6.76. The van der Waals surface area contributed by atoms with Gasteiger partial charge in [-0.2, -0.15) is 0 Å². The summed E-state index contributed by atoms with van der Waals surface area (Å²) in [6, 6.07) is 12.1. The van der Waals surface area contributed by atoms with E-state index in [1.165, 1.54) is 10.9 Å². The highest BCUT2D eigenvalue weighted by Crippen LogP contribution is 2.27. The molecular formula is C20H22N4O. The van der Waals surface area contributed by atoms with Crippen LogP contribution >= 0.6 is 0 Å². The van der Waals surface area contributed by atoms with Gasteiger partial charge in [-0.05, 0) is 44.0 Å². The van der Waals surface area contributed by atoms with Crippen LogP contribution in [0, 0.1) is 6.92 Å². The largest absolute Gasteiger partial charge is 0.311 e. The number of pyridine rings is 1. The Morgan fingerprint density at radius 1 is 1.28 bits per heavy atom.